The molecular formula is C23H32N3OS+. The molecule has 2 aromatic carbocycles. The number of ether oxygens (including phenoxy) is 1. The SMILES string of the molecule is CC[C@@H](C)c1ccc(NC(=S)N2CC[NH+](Cc3cccc(OC)c3)CC2)cc1. The molecule has 5 heteroatoms. The number of hydrogen-bond acceptors (Lipinski definition) is 2. The second kappa shape index (κ2) is 9.89. The van der Waals surface area contributed by atoms with E-state index in [1.54, 1.807) is 12.0 Å². The Kier molecular flexibility index (Phi) is 7.29. The molecule has 0 aromatic heterocycles. The number of piperazine rings is 1. The number of methoxy groups -OCH3 is 1. The lowest BCUT2D eigenvalue weighted by atomic mass is 9.99. The Hall–Kier alpha value is -2.11. The molecule has 0 unspecified atom stereocenters. The number of nitrogens with one attached hydrogen (secondary N) is 2. The van der Waals surface area contributed by atoms with Crippen molar-refractivity contribution < 1.29 is 9.64 Å². The highest BCUT2D eigenvalue weighted by atomic mass is 32.1. The molecule has 1 aliphatic heterocycles. The molecule has 0 saturated carbocycles. The minimum Gasteiger partial charge on any atom is -0.497 e. The molecule has 2 aromatic rings. The van der Waals surface area contributed by atoms with Crippen molar-refractivity contribution in [1.29, 1.82) is 0 Å². The summed E-state index contributed by atoms with van der Waals surface area (Å²) in [7, 11) is 1.72. The van der Waals surface area contributed by atoms with Crippen molar-refractivity contribution in [3.8, 4) is 5.75 Å². The van der Waals surface area contributed by atoms with Crippen LogP contribution in [0.5, 0.6) is 5.75 Å². The monoisotopic (exact) mass is 398 g/mol. The molecule has 150 valence electrons. The van der Waals surface area contributed by atoms with Gasteiger partial charge in [-0.05, 0) is 54.4 Å². The van der Waals surface area contributed by atoms with E-state index in [0.29, 0.717) is 5.92 Å². The molecule has 1 aliphatic rings. The van der Waals surface area contributed by atoms with Gasteiger partial charge >= 0.3 is 0 Å². The van der Waals surface area contributed by atoms with Crippen LogP contribution in [0, 0.1) is 0 Å². The van der Waals surface area contributed by atoms with Crippen molar-refractivity contribution in [3.05, 3.63) is 59.7 Å². The first kappa shape index (κ1) is 20.6. The Morgan fingerprint density at radius 1 is 1.18 bits per heavy atom. The van der Waals surface area contributed by atoms with Crippen molar-refractivity contribution in [2.24, 2.45) is 0 Å². The summed E-state index contributed by atoms with van der Waals surface area (Å²) in [5.41, 5.74) is 3.78. The summed E-state index contributed by atoms with van der Waals surface area (Å²) in [6, 6.07) is 17.1. The summed E-state index contributed by atoms with van der Waals surface area (Å²) in [5, 5.41) is 4.24. The van der Waals surface area contributed by atoms with Gasteiger partial charge in [-0.3, -0.25) is 0 Å². The molecule has 1 atom stereocenters. The summed E-state index contributed by atoms with van der Waals surface area (Å²) in [6.45, 7) is 9.66. The molecule has 0 bridgehead atoms. The highest BCUT2D eigenvalue weighted by Crippen LogP contribution is 2.20. The van der Waals surface area contributed by atoms with Gasteiger partial charge in [0.15, 0.2) is 5.11 Å². The van der Waals surface area contributed by atoms with E-state index in [-0.39, 0.29) is 0 Å². The molecule has 1 saturated heterocycles. The van der Waals surface area contributed by atoms with Crippen molar-refractivity contribution >= 4 is 23.0 Å². The highest BCUT2D eigenvalue weighted by Gasteiger charge is 2.22. The van der Waals surface area contributed by atoms with Crippen LogP contribution in [-0.2, 0) is 6.54 Å². The van der Waals surface area contributed by atoms with Gasteiger partial charge in [-0.2, -0.15) is 0 Å². The molecule has 0 radical (unpaired) electrons. The van der Waals surface area contributed by atoms with E-state index in [0.717, 1.165) is 55.7 Å². The molecule has 2 N–H and O–H groups in total. The Balaban J connectivity index is 1.48. The van der Waals surface area contributed by atoms with E-state index < -0.39 is 0 Å². The number of rotatable bonds is 6. The molecule has 4 nitrogen and oxygen atoms in total. The third-order valence-electron chi connectivity index (χ3n) is 5.69. The lowest BCUT2D eigenvalue weighted by molar-refractivity contribution is -0.917. The van der Waals surface area contributed by atoms with Gasteiger partial charge in [0.2, 0.25) is 0 Å². The van der Waals surface area contributed by atoms with Gasteiger partial charge in [0.25, 0.3) is 0 Å². The normalized spacial score (nSPS) is 15.9. The second-order valence-electron chi connectivity index (χ2n) is 7.63. The van der Waals surface area contributed by atoms with E-state index >= 15 is 0 Å². The fourth-order valence-electron chi connectivity index (χ4n) is 3.61. The van der Waals surface area contributed by atoms with Crippen molar-refractivity contribution in [1.82, 2.24) is 4.90 Å². The zero-order valence-corrected chi connectivity index (χ0v) is 18.0. The maximum absolute atomic E-state index is 5.65. The van der Waals surface area contributed by atoms with Crippen LogP contribution in [-0.4, -0.2) is 43.3 Å². The number of benzene rings is 2. The topological polar surface area (TPSA) is 28.9 Å². The minimum atomic E-state index is 0.599. The summed E-state index contributed by atoms with van der Waals surface area (Å²) < 4.78 is 5.33. The number of thiocarbonyl (C=S) groups is 1. The van der Waals surface area contributed by atoms with Gasteiger partial charge in [-0.15, -0.1) is 0 Å². The zero-order valence-electron chi connectivity index (χ0n) is 17.2. The lowest BCUT2D eigenvalue weighted by Crippen LogP contribution is -3.13. The molecule has 28 heavy (non-hydrogen) atoms. The Morgan fingerprint density at radius 3 is 2.54 bits per heavy atom. The average Bonchev–Trinajstić information content (AvgIpc) is 2.74. The van der Waals surface area contributed by atoms with Crippen LogP contribution in [0.25, 0.3) is 0 Å². The van der Waals surface area contributed by atoms with Gasteiger partial charge in [0.1, 0.15) is 12.3 Å². The van der Waals surface area contributed by atoms with Crippen LogP contribution in [0.15, 0.2) is 48.5 Å². The third-order valence-corrected chi connectivity index (χ3v) is 6.05. The molecule has 1 heterocycles. The predicted molar refractivity (Wildman–Crippen MR) is 120 cm³/mol. The van der Waals surface area contributed by atoms with E-state index in [1.807, 2.05) is 6.07 Å². The first-order valence-corrected chi connectivity index (χ1v) is 10.6. The van der Waals surface area contributed by atoms with Gasteiger partial charge in [-0.25, -0.2) is 0 Å². The largest absolute Gasteiger partial charge is 0.497 e. The minimum absolute atomic E-state index is 0.599. The molecule has 0 aliphatic carbocycles. The number of quaternary nitrogens is 1. The number of nitrogens with zero attached hydrogens (tertiary/aromatic N) is 1. The number of hydrogen-bond donors (Lipinski definition) is 2. The first-order chi connectivity index (χ1) is 13.6. The van der Waals surface area contributed by atoms with Crippen molar-refractivity contribution in [3.63, 3.8) is 0 Å². The maximum atomic E-state index is 5.65. The fraction of sp³-hybridized carbons (Fsp3) is 0.435. The van der Waals surface area contributed by atoms with Crippen molar-refractivity contribution in [2.75, 3.05) is 38.6 Å². The molecule has 1 fully saturated rings. The average molecular weight is 399 g/mol. The van der Waals surface area contributed by atoms with Crippen LogP contribution in [0.4, 0.5) is 5.69 Å². The van der Waals surface area contributed by atoms with Gasteiger partial charge in [0, 0.05) is 11.3 Å². The molecular weight excluding hydrogens is 366 g/mol. The smallest absolute Gasteiger partial charge is 0.173 e. The van der Waals surface area contributed by atoms with Crippen LogP contribution < -0.4 is 15.0 Å². The van der Waals surface area contributed by atoms with Crippen LogP contribution in [0.3, 0.4) is 0 Å². The van der Waals surface area contributed by atoms with E-state index in [9.17, 15) is 0 Å². The molecule has 0 spiro atoms. The van der Waals surface area contributed by atoms with Gasteiger partial charge in [-0.1, -0.05) is 38.1 Å². The summed E-state index contributed by atoms with van der Waals surface area (Å²) in [6.07, 6.45) is 1.16. The van der Waals surface area contributed by atoms with Crippen LogP contribution >= 0.6 is 12.2 Å². The summed E-state index contributed by atoms with van der Waals surface area (Å²) in [4.78, 5) is 3.87. The predicted octanol–water partition coefficient (Wildman–Crippen LogP) is 3.31. The van der Waals surface area contributed by atoms with Crippen LogP contribution in [0.1, 0.15) is 37.3 Å². The second-order valence-corrected chi connectivity index (χ2v) is 8.01. The fourth-order valence-corrected chi connectivity index (χ4v) is 3.91. The summed E-state index contributed by atoms with van der Waals surface area (Å²) in [5.74, 6) is 1.53. The Morgan fingerprint density at radius 2 is 1.89 bits per heavy atom. The third kappa shape index (κ3) is 5.46. The zero-order chi connectivity index (χ0) is 19.9. The van der Waals surface area contributed by atoms with Crippen molar-refractivity contribution in [2.45, 2.75) is 32.7 Å². The number of anilines is 1. The lowest BCUT2D eigenvalue weighted by Gasteiger charge is -2.34. The van der Waals surface area contributed by atoms with Gasteiger partial charge in [0.05, 0.1) is 33.3 Å². The first-order valence-electron chi connectivity index (χ1n) is 10.2. The Bertz CT molecular complexity index is 770. The maximum Gasteiger partial charge on any atom is 0.173 e. The standard InChI is InChI=1S/C23H31N3OS/c1-4-18(2)20-8-10-21(11-9-20)24-23(28)26-14-12-25(13-15-26)17-19-6-5-7-22(16-19)27-3/h5-11,16,18H,4,12-15,17H2,1-3H3,(H,24,28)/p+1/t18-/m1/s1. The summed E-state index contributed by atoms with van der Waals surface area (Å²) >= 11 is 5.65. The van der Waals surface area contributed by atoms with E-state index in [2.05, 4.69) is 66.5 Å². The molecule has 3 rings (SSSR count). The van der Waals surface area contributed by atoms with Crippen LogP contribution in [0.2, 0.25) is 0 Å². The Labute approximate surface area is 174 Å². The highest BCUT2D eigenvalue weighted by molar-refractivity contribution is 7.80. The van der Waals surface area contributed by atoms with E-state index in [4.69, 9.17) is 17.0 Å². The quantitative estimate of drug-likeness (QED) is 0.731. The van der Waals surface area contributed by atoms with E-state index in [1.165, 1.54) is 11.1 Å². The van der Waals surface area contributed by atoms with Gasteiger partial charge < -0.3 is 19.9 Å². The molecule has 0 amide bonds.